The number of carbonyl (C=O) groups excluding carboxylic acids is 1. The number of hydrogen-bond donors (Lipinski definition) is 0. The van der Waals surface area contributed by atoms with E-state index in [2.05, 4.69) is 0 Å². The van der Waals surface area contributed by atoms with E-state index in [1.165, 1.54) is 16.7 Å². The maximum atomic E-state index is 12.2. The van der Waals surface area contributed by atoms with Crippen molar-refractivity contribution in [1.82, 2.24) is 4.90 Å². The minimum atomic E-state index is -0.0962. The lowest BCUT2D eigenvalue weighted by Crippen LogP contribution is -2.22. The van der Waals surface area contributed by atoms with Crippen molar-refractivity contribution in [2.45, 2.75) is 6.42 Å². The highest BCUT2D eigenvalue weighted by molar-refractivity contribution is 8.26. The molecular formula is C22H23NO5S2. The van der Waals surface area contributed by atoms with Crippen molar-refractivity contribution in [1.29, 1.82) is 0 Å². The maximum Gasteiger partial charge on any atom is 0.265 e. The van der Waals surface area contributed by atoms with Crippen LogP contribution in [-0.2, 0) is 4.79 Å². The number of nitrogens with zero attached hydrogens (tertiary/aromatic N) is 1. The predicted octanol–water partition coefficient (Wildman–Crippen LogP) is 4.38. The average Bonchev–Trinajstić information content (AvgIpc) is 3.01. The van der Waals surface area contributed by atoms with E-state index in [4.69, 9.17) is 31.2 Å². The Hall–Kier alpha value is -2.71. The van der Waals surface area contributed by atoms with Gasteiger partial charge in [-0.25, -0.2) is 0 Å². The van der Waals surface area contributed by atoms with Gasteiger partial charge in [0, 0.05) is 13.5 Å². The number of rotatable bonds is 9. The van der Waals surface area contributed by atoms with E-state index in [-0.39, 0.29) is 5.91 Å². The van der Waals surface area contributed by atoms with E-state index in [9.17, 15) is 4.79 Å². The van der Waals surface area contributed by atoms with Crippen LogP contribution in [-0.4, -0.2) is 49.6 Å². The molecule has 0 bridgehead atoms. The molecule has 0 radical (unpaired) electrons. The topological polar surface area (TPSA) is 57.2 Å². The van der Waals surface area contributed by atoms with Crippen molar-refractivity contribution in [3.05, 3.63) is 52.9 Å². The number of methoxy groups -OCH3 is 2. The van der Waals surface area contributed by atoms with Gasteiger partial charge in [-0.3, -0.25) is 9.69 Å². The van der Waals surface area contributed by atoms with E-state index in [0.29, 0.717) is 33.9 Å². The van der Waals surface area contributed by atoms with E-state index < -0.39 is 0 Å². The second kappa shape index (κ2) is 10.4. The Bertz CT molecular complexity index is 943. The fraction of sp³-hybridized carbons (Fsp3) is 0.273. The molecule has 30 heavy (non-hydrogen) atoms. The van der Waals surface area contributed by atoms with Crippen molar-refractivity contribution in [2.24, 2.45) is 0 Å². The Morgan fingerprint density at radius 3 is 2.30 bits per heavy atom. The molecular weight excluding hydrogens is 422 g/mol. The van der Waals surface area contributed by atoms with Crippen LogP contribution in [0.25, 0.3) is 6.08 Å². The number of hydrogen-bond acceptors (Lipinski definition) is 7. The zero-order valence-corrected chi connectivity index (χ0v) is 18.7. The molecule has 1 fully saturated rings. The summed E-state index contributed by atoms with van der Waals surface area (Å²) in [7, 11) is 4.89. The molecule has 0 N–H and O–H groups in total. The quantitative estimate of drug-likeness (QED) is 0.322. The van der Waals surface area contributed by atoms with Crippen LogP contribution in [0.3, 0.4) is 0 Å². The molecule has 1 heterocycles. The molecule has 2 aromatic rings. The lowest BCUT2D eigenvalue weighted by atomic mass is 10.2. The molecule has 0 saturated carbocycles. The van der Waals surface area contributed by atoms with Gasteiger partial charge in [0.1, 0.15) is 15.8 Å². The molecule has 6 nitrogen and oxygen atoms in total. The van der Waals surface area contributed by atoms with Crippen LogP contribution in [0.4, 0.5) is 0 Å². The van der Waals surface area contributed by atoms with E-state index in [1.54, 1.807) is 27.3 Å². The van der Waals surface area contributed by atoms with Crippen molar-refractivity contribution in [3.63, 3.8) is 0 Å². The van der Waals surface area contributed by atoms with Gasteiger partial charge in [-0.1, -0.05) is 30.0 Å². The van der Waals surface area contributed by atoms with Crippen LogP contribution in [0.15, 0.2) is 47.4 Å². The third-order valence-corrected chi connectivity index (χ3v) is 5.83. The van der Waals surface area contributed by atoms with Gasteiger partial charge in [-0.05, 0) is 48.0 Å². The normalized spacial score (nSPS) is 14.9. The number of ether oxygens (including phenoxy) is 4. The summed E-state index contributed by atoms with van der Waals surface area (Å²) in [4.78, 5) is 14.2. The van der Waals surface area contributed by atoms with Gasteiger partial charge >= 0.3 is 0 Å². The first-order chi connectivity index (χ1) is 14.5. The third kappa shape index (κ3) is 5.46. The summed E-state index contributed by atoms with van der Waals surface area (Å²) in [5, 5.41) is 0. The molecule has 0 unspecified atom stereocenters. The molecule has 2 aromatic carbocycles. The van der Waals surface area contributed by atoms with Gasteiger partial charge in [0.25, 0.3) is 5.91 Å². The Morgan fingerprint density at radius 1 is 0.967 bits per heavy atom. The number of thioether (sulfide) groups is 1. The number of thiocarbonyl (C=S) groups is 1. The molecule has 158 valence electrons. The van der Waals surface area contributed by atoms with Crippen LogP contribution >= 0.6 is 24.0 Å². The number of amides is 1. The molecule has 8 heteroatoms. The first-order valence-corrected chi connectivity index (χ1v) is 10.5. The molecule has 1 aliphatic rings. The first-order valence-electron chi connectivity index (χ1n) is 9.31. The Labute approximate surface area is 185 Å². The molecule has 1 saturated heterocycles. The summed E-state index contributed by atoms with van der Waals surface area (Å²) in [5.74, 6) is 2.73. The second-order valence-corrected chi connectivity index (χ2v) is 8.05. The Kier molecular flexibility index (Phi) is 7.59. The molecule has 0 aromatic heterocycles. The van der Waals surface area contributed by atoms with Gasteiger partial charge in [-0.15, -0.1) is 0 Å². The van der Waals surface area contributed by atoms with Crippen molar-refractivity contribution in [3.8, 4) is 23.0 Å². The summed E-state index contributed by atoms with van der Waals surface area (Å²) in [6, 6.07) is 13.0. The van der Waals surface area contributed by atoms with E-state index >= 15 is 0 Å². The smallest absolute Gasteiger partial charge is 0.265 e. The minimum absolute atomic E-state index is 0.0962. The summed E-state index contributed by atoms with van der Waals surface area (Å²) in [5.41, 5.74) is 0.844. The fourth-order valence-corrected chi connectivity index (χ4v) is 3.87. The standard InChI is InChI=1S/C22H23NO5S2/c1-23-21(24)20(30-22(23)29)14-15-5-10-18(19(13-15)26-3)28-12-4-11-27-17-8-6-16(25-2)7-9-17/h5-10,13-14H,4,11-12H2,1-3H3. The number of carbonyl (C=O) groups is 1. The van der Waals surface area contributed by atoms with Gasteiger partial charge in [0.05, 0.1) is 32.3 Å². The molecule has 1 aliphatic heterocycles. The van der Waals surface area contributed by atoms with Crippen molar-refractivity contribution < 1.29 is 23.7 Å². The summed E-state index contributed by atoms with van der Waals surface area (Å²) in [6.07, 6.45) is 2.52. The molecule has 1 amide bonds. The second-order valence-electron chi connectivity index (χ2n) is 6.38. The third-order valence-electron chi connectivity index (χ3n) is 4.35. The van der Waals surface area contributed by atoms with Gasteiger partial charge in [0.2, 0.25) is 0 Å². The first kappa shape index (κ1) is 22.0. The van der Waals surface area contributed by atoms with Crippen molar-refractivity contribution in [2.75, 3.05) is 34.5 Å². The lowest BCUT2D eigenvalue weighted by molar-refractivity contribution is -0.121. The lowest BCUT2D eigenvalue weighted by Gasteiger charge is -2.12. The van der Waals surface area contributed by atoms with Crippen LogP contribution in [0.1, 0.15) is 12.0 Å². The summed E-state index contributed by atoms with van der Waals surface area (Å²) in [6.45, 7) is 1.02. The summed E-state index contributed by atoms with van der Waals surface area (Å²) < 4.78 is 22.7. The number of likely N-dealkylation sites (N-methyl/N-ethyl adjacent to an activating group) is 1. The molecule has 0 atom stereocenters. The SMILES string of the molecule is COc1ccc(OCCCOc2ccc(C=C3SC(=S)N(C)C3=O)cc2OC)cc1. The highest BCUT2D eigenvalue weighted by Gasteiger charge is 2.28. The van der Waals surface area contributed by atoms with Crippen LogP contribution in [0.5, 0.6) is 23.0 Å². The summed E-state index contributed by atoms with van der Waals surface area (Å²) >= 11 is 6.45. The Morgan fingerprint density at radius 2 is 1.67 bits per heavy atom. The zero-order valence-electron chi connectivity index (χ0n) is 17.0. The van der Waals surface area contributed by atoms with Crippen LogP contribution in [0, 0.1) is 0 Å². The minimum Gasteiger partial charge on any atom is -0.497 e. The van der Waals surface area contributed by atoms with Crippen molar-refractivity contribution >= 4 is 40.3 Å². The average molecular weight is 446 g/mol. The molecule has 0 spiro atoms. The largest absolute Gasteiger partial charge is 0.497 e. The highest BCUT2D eigenvalue weighted by atomic mass is 32.2. The fourth-order valence-electron chi connectivity index (χ4n) is 2.69. The van der Waals surface area contributed by atoms with Gasteiger partial charge in [-0.2, -0.15) is 0 Å². The number of benzene rings is 2. The van der Waals surface area contributed by atoms with Gasteiger partial charge in [0.15, 0.2) is 11.5 Å². The van der Waals surface area contributed by atoms with E-state index in [1.807, 2.05) is 42.5 Å². The zero-order chi connectivity index (χ0) is 21.5. The monoisotopic (exact) mass is 445 g/mol. The predicted molar refractivity (Wildman–Crippen MR) is 123 cm³/mol. The van der Waals surface area contributed by atoms with Crippen LogP contribution in [0.2, 0.25) is 0 Å². The maximum absolute atomic E-state index is 12.2. The van der Waals surface area contributed by atoms with Crippen LogP contribution < -0.4 is 18.9 Å². The molecule has 0 aliphatic carbocycles. The Balaban J connectivity index is 1.52. The molecule has 3 rings (SSSR count). The van der Waals surface area contributed by atoms with Gasteiger partial charge < -0.3 is 18.9 Å². The highest BCUT2D eigenvalue weighted by Crippen LogP contribution is 2.34. The van der Waals surface area contributed by atoms with E-state index in [0.717, 1.165) is 23.5 Å².